The summed E-state index contributed by atoms with van der Waals surface area (Å²) in [6.07, 6.45) is 3.88. The first-order valence-electron chi connectivity index (χ1n) is 7.69. The van der Waals surface area contributed by atoms with E-state index < -0.39 is 0 Å². The second-order valence-electron chi connectivity index (χ2n) is 6.00. The Hall–Kier alpha value is -1.32. The SMILES string of the molecule is Cc1c(CN2CCCCC2CN)n(C)c2ccccc12. The number of fused-ring (bicyclic) bond motifs is 1. The van der Waals surface area contributed by atoms with Crippen LogP contribution in [0.5, 0.6) is 0 Å². The maximum absolute atomic E-state index is 5.95. The second kappa shape index (κ2) is 5.58. The van der Waals surface area contributed by atoms with Crippen LogP contribution in [0.2, 0.25) is 0 Å². The van der Waals surface area contributed by atoms with Crippen LogP contribution in [0.1, 0.15) is 30.5 Å². The molecule has 20 heavy (non-hydrogen) atoms. The fourth-order valence-corrected chi connectivity index (χ4v) is 3.59. The Morgan fingerprint density at radius 1 is 1.25 bits per heavy atom. The molecule has 0 bridgehead atoms. The van der Waals surface area contributed by atoms with Gasteiger partial charge in [0.05, 0.1) is 0 Å². The predicted molar refractivity (Wildman–Crippen MR) is 84.8 cm³/mol. The summed E-state index contributed by atoms with van der Waals surface area (Å²) in [4.78, 5) is 2.57. The summed E-state index contributed by atoms with van der Waals surface area (Å²) < 4.78 is 2.35. The zero-order valence-electron chi connectivity index (χ0n) is 12.6. The number of piperidine rings is 1. The normalized spacial score (nSPS) is 20.6. The number of hydrogen-bond acceptors (Lipinski definition) is 2. The molecule has 0 spiro atoms. The molecule has 3 nitrogen and oxygen atoms in total. The molecule has 1 aliphatic rings. The zero-order valence-corrected chi connectivity index (χ0v) is 12.6. The van der Waals surface area contributed by atoms with Crippen LogP contribution in [-0.4, -0.2) is 28.6 Å². The lowest BCUT2D eigenvalue weighted by Crippen LogP contribution is -2.43. The quantitative estimate of drug-likeness (QED) is 0.931. The summed E-state index contributed by atoms with van der Waals surface area (Å²) in [6, 6.07) is 9.24. The van der Waals surface area contributed by atoms with Crippen LogP contribution >= 0.6 is 0 Å². The molecular weight excluding hydrogens is 246 g/mol. The summed E-state index contributed by atoms with van der Waals surface area (Å²) in [7, 11) is 2.19. The van der Waals surface area contributed by atoms with Gasteiger partial charge in [-0.05, 0) is 37.9 Å². The third kappa shape index (κ3) is 2.25. The first kappa shape index (κ1) is 13.7. The van der Waals surface area contributed by atoms with Gasteiger partial charge in [-0.1, -0.05) is 24.6 Å². The maximum Gasteiger partial charge on any atom is 0.0483 e. The number of aromatic nitrogens is 1. The van der Waals surface area contributed by atoms with E-state index in [1.165, 1.54) is 48.0 Å². The number of hydrogen-bond donors (Lipinski definition) is 1. The molecule has 108 valence electrons. The van der Waals surface area contributed by atoms with Crippen molar-refractivity contribution in [2.75, 3.05) is 13.1 Å². The number of nitrogens with zero attached hydrogens (tertiary/aromatic N) is 2. The van der Waals surface area contributed by atoms with E-state index in [1.54, 1.807) is 0 Å². The highest BCUT2D eigenvalue weighted by atomic mass is 15.2. The second-order valence-corrected chi connectivity index (χ2v) is 6.00. The summed E-state index contributed by atoms with van der Waals surface area (Å²) in [5.41, 5.74) is 10.1. The van der Waals surface area contributed by atoms with Crippen LogP contribution in [0.15, 0.2) is 24.3 Å². The van der Waals surface area contributed by atoms with Gasteiger partial charge in [0.25, 0.3) is 0 Å². The van der Waals surface area contributed by atoms with Gasteiger partial charge in [0.15, 0.2) is 0 Å². The van der Waals surface area contributed by atoms with E-state index in [9.17, 15) is 0 Å². The van der Waals surface area contributed by atoms with Crippen molar-refractivity contribution in [2.45, 2.75) is 38.8 Å². The lowest BCUT2D eigenvalue weighted by atomic mass is 10.0. The van der Waals surface area contributed by atoms with Gasteiger partial charge in [0, 0.05) is 42.8 Å². The van der Waals surface area contributed by atoms with Crippen molar-refractivity contribution in [2.24, 2.45) is 12.8 Å². The van der Waals surface area contributed by atoms with Gasteiger partial charge in [-0.3, -0.25) is 4.90 Å². The Kier molecular flexibility index (Phi) is 3.81. The van der Waals surface area contributed by atoms with Gasteiger partial charge in [-0.2, -0.15) is 0 Å². The zero-order chi connectivity index (χ0) is 14.1. The average molecular weight is 271 g/mol. The van der Waals surface area contributed by atoms with Crippen molar-refractivity contribution in [1.82, 2.24) is 9.47 Å². The predicted octanol–water partition coefficient (Wildman–Crippen LogP) is 2.80. The Labute approximate surface area is 121 Å². The van der Waals surface area contributed by atoms with Crippen LogP contribution in [0, 0.1) is 6.92 Å². The summed E-state index contributed by atoms with van der Waals surface area (Å²) in [5.74, 6) is 0. The Morgan fingerprint density at radius 2 is 2.05 bits per heavy atom. The number of rotatable bonds is 3. The fraction of sp³-hybridized carbons (Fsp3) is 0.529. The number of aryl methyl sites for hydroxylation is 2. The van der Waals surface area contributed by atoms with E-state index in [0.717, 1.165) is 13.1 Å². The maximum atomic E-state index is 5.95. The third-order valence-corrected chi connectivity index (χ3v) is 4.88. The molecule has 1 fully saturated rings. The number of para-hydroxylation sites is 1. The molecule has 2 N–H and O–H groups in total. The molecule has 2 heterocycles. The van der Waals surface area contributed by atoms with Crippen LogP contribution in [0.25, 0.3) is 10.9 Å². The fourth-order valence-electron chi connectivity index (χ4n) is 3.59. The molecule has 0 saturated carbocycles. The van der Waals surface area contributed by atoms with Crippen LogP contribution < -0.4 is 5.73 Å². The average Bonchev–Trinajstić information content (AvgIpc) is 2.73. The van der Waals surface area contributed by atoms with Gasteiger partial charge in [0.1, 0.15) is 0 Å². The molecule has 1 atom stereocenters. The lowest BCUT2D eigenvalue weighted by molar-refractivity contribution is 0.142. The van der Waals surface area contributed by atoms with Gasteiger partial charge in [0.2, 0.25) is 0 Å². The molecule has 0 radical (unpaired) electrons. The molecule has 1 saturated heterocycles. The summed E-state index contributed by atoms with van der Waals surface area (Å²) in [6.45, 7) is 5.24. The van der Waals surface area contributed by atoms with Crippen LogP contribution in [0.4, 0.5) is 0 Å². The van der Waals surface area contributed by atoms with Crippen molar-refractivity contribution >= 4 is 10.9 Å². The Bertz CT molecular complexity index is 561. The monoisotopic (exact) mass is 271 g/mol. The molecule has 1 aliphatic heterocycles. The number of nitrogens with two attached hydrogens (primary N) is 1. The Balaban J connectivity index is 1.94. The Morgan fingerprint density at radius 3 is 2.80 bits per heavy atom. The standard InChI is InChI=1S/C17H25N3/c1-13-15-8-3-4-9-16(15)19(2)17(13)12-20-10-6-5-7-14(20)11-18/h3-4,8-9,14H,5-7,10-12,18H2,1-2H3. The van der Waals surface area contributed by atoms with Crippen LogP contribution in [-0.2, 0) is 13.6 Å². The molecular formula is C17H25N3. The first-order valence-corrected chi connectivity index (χ1v) is 7.69. The van der Waals surface area contributed by atoms with Crippen molar-refractivity contribution in [3.63, 3.8) is 0 Å². The lowest BCUT2D eigenvalue weighted by Gasteiger charge is -2.35. The largest absolute Gasteiger partial charge is 0.346 e. The van der Waals surface area contributed by atoms with Crippen molar-refractivity contribution in [1.29, 1.82) is 0 Å². The molecule has 2 aromatic rings. The van der Waals surface area contributed by atoms with Gasteiger partial charge < -0.3 is 10.3 Å². The minimum absolute atomic E-state index is 0.557. The highest BCUT2D eigenvalue weighted by Crippen LogP contribution is 2.27. The molecule has 3 rings (SSSR count). The number of likely N-dealkylation sites (tertiary alicyclic amines) is 1. The van der Waals surface area contributed by atoms with Gasteiger partial charge in [-0.15, -0.1) is 0 Å². The van der Waals surface area contributed by atoms with Crippen molar-refractivity contribution < 1.29 is 0 Å². The van der Waals surface area contributed by atoms with Gasteiger partial charge in [-0.25, -0.2) is 0 Å². The molecule has 0 aliphatic carbocycles. The van der Waals surface area contributed by atoms with Crippen molar-refractivity contribution in [3.05, 3.63) is 35.5 Å². The van der Waals surface area contributed by atoms with Crippen LogP contribution in [0.3, 0.4) is 0 Å². The molecule has 1 aromatic heterocycles. The van der Waals surface area contributed by atoms with E-state index in [2.05, 4.69) is 47.7 Å². The van der Waals surface area contributed by atoms with E-state index in [1.807, 2.05) is 0 Å². The summed E-state index contributed by atoms with van der Waals surface area (Å²) >= 11 is 0. The van der Waals surface area contributed by atoms with Crippen molar-refractivity contribution in [3.8, 4) is 0 Å². The molecule has 0 amide bonds. The molecule has 1 unspecified atom stereocenters. The van der Waals surface area contributed by atoms with E-state index in [0.29, 0.717) is 6.04 Å². The first-order chi connectivity index (χ1) is 9.72. The smallest absolute Gasteiger partial charge is 0.0483 e. The van der Waals surface area contributed by atoms with E-state index >= 15 is 0 Å². The molecule has 3 heteroatoms. The topological polar surface area (TPSA) is 34.2 Å². The highest BCUT2D eigenvalue weighted by Gasteiger charge is 2.23. The van der Waals surface area contributed by atoms with E-state index in [4.69, 9.17) is 5.73 Å². The van der Waals surface area contributed by atoms with E-state index in [-0.39, 0.29) is 0 Å². The molecule has 1 aromatic carbocycles. The minimum atomic E-state index is 0.557. The minimum Gasteiger partial charge on any atom is -0.346 e. The highest BCUT2D eigenvalue weighted by molar-refractivity contribution is 5.85. The number of benzene rings is 1. The third-order valence-electron chi connectivity index (χ3n) is 4.88. The van der Waals surface area contributed by atoms with Gasteiger partial charge >= 0.3 is 0 Å². The summed E-state index contributed by atoms with van der Waals surface area (Å²) in [5, 5.41) is 1.38.